The van der Waals surface area contributed by atoms with E-state index in [0.717, 1.165) is 6.42 Å². The zero-order chi connectivity index (χ0) is 14.4. The van der Waals surface area contributed by atoms with E-state index < -0.39 is 12.3 Å². The topological polar surface area (TPSA) is 75.7 Å². The van der Waals surface area contributed by atoms with Gasteiger partial charge in [0.15, 0.2) is 0 Å². The van der Waals surface area contributed by atoms with E-state index in [1.807, 2.05) is 12.2 Å². The van der Waals surface area contributed by atoms with Gasteiger partial charge in [0.1, 0.15) is 6.17 Å². The van der Waals surface area contributed by atoms with Gasteiger partial charge in [-0.05, 0) is 32.1 Å². The fraction of sp³-hybridized carbons (Fsp3) is 0.643. The Balaban J connectivity index is 1.74. The van der Waals surface area contributed by atoms with E-state index in [-0.39, 0.29) is 42.1 Å². The summed E-state index contributed by atoms with van der Waals surface area (Å²) in [4.78, 5) is 37.5. The monoisotopic (exact) mass is 278 g/mol. The van der Waals surface area contributed by atoms with Crippen molar-refractivity contribution in [3.63, 3.8) is 0 Å². The zero-order valence-corrected chi connectivity index (χ0v) is 11.5. The molecule has 3 amide bonds. The lowest BCUT2D eigenvalue weighted by atomic mass is 9.85. The Bertz CT molecular complexity index is 471. The minimum Gasteiger partial charge on any atom is -0.450 e. The second kappa shape index (κ2) is 4.61. The molecule has 1 N–H and O–H groups in total. The second-order valence-electron chi connectivity index (χ2n) is 5.59. The number of nitrogens with zero attached hydrogens (tertiary/aromatic N) is 1. The fourth-order valence-corrected chi connectivity index (χ4v) is 3.71. The van der Waals surface area contributed by atoms with E-state index in [1.54, 1.807) is 13.8 Å². The number of rotatable bonds is 3. The molecule has 0 radical (unpaired) electrons. The summed E-state index contributed by atoms with van der Waals surface area (Å²) in [6, 6.07) is 0. The molecule has 2 aliphatic carbocycles. The summed E-state index contributed by atoms with van der Waals surface area (Å²) in [7, 11) is 0. The molecular formula is C14H18N2O4. The number of amides is 3. The van der Waals surface area contributed by atoms with Gasteiger partial charge in [0.25, 0.3) is 0 Å². The highest BCUT2D eigenvalue weighted by Crippen LogP contribution is 2.52. The lowest BCUT2D eigenvalue weighted by Gasteiger charge is -2.24. The number of likely N-dealkylation sites (tertiary alicyclic amines) is 1. The minimum absolute atomic E-state index is 0.166. The maximum atomic E-state index is 12.4. The molecule has 108 valence electrons. The van der Waals surface area contributed by atoms with Gasteiger partial charge in [-0.3, -0.25) is 14.5 Å². The van der Waals surface area contributed by atoms with E-state index >= 15 is 0 Å². The Morgan fingerprint density at radius 2 is 1.90 bits per heavy atom. The van der Waals surface area contributed by atoms with Crippen LogP contribution in [-0.2, 0) is 14.3 Å². The summed E-state index contributed by atoms with van der Waals surface area (Å²) in [5.41, 5.74) is 0. The van der Waals surface area contributed by atoms with Crippen LogP contribution in [0.15, 0.2) is 12.2 Å². The molecule has 6 nitrogen and oxygen atoms in total. The van der Waals surface area contributed by atoms with E-state index in [9.17, 15) is 14.4 Å². The van der Waals surface area contributed by atoms with Gasteiger partial charge in [-0.25, -0.2) is 4.79 Å². The van der Waals surface area contributed by atoms with Crippen LogP contribution in [-0.4, -0.2) is 35.6 Å². The molecule has 20 heavy (non-hydrogen) atoms. The molecule has 0 aromatic carbocycles. The summed E-state index contributed by atoms with van der Waals surface area (Å²) in [6.45, 7) is 3.58. The third-order valence-corrected chi connectivity index (χ3v) is 4.49. The van der Waals surface area contributed by atoms with Crippen molar-refractivity contribution in [1.82, 2.24) is 10.2 Å². The summed E-state index contributed by atoms with van der Waals surface area (Å²) >= 11 is 0. The Hall–Kier alpha value is -1.85. The third-order valence-electron chi connectivity index (χ3n) is 4.49. The second-order valence-corrected chi connectivity index (χ2v) is 5.59. The SMILES string of the molecule is CCOC(=O)N[C@H](C)N1C(=O)[C@@H]2[C@@H](C1=O)[C@H]1C=C[C@H]2C1. The largest absolute Gasteiger partial charge is 0.450 e. The molecule has 1 heterocycles. The highest BCUT2D eigenvalue weighted by atomic mass is 16.5. The first-order valence-electron chi connectivity index (χ1n) is 7.03. The average Bonchev–Trinajstić information content (AvgIpc) is 3.03. The smallest absolute Gasteiger partial charge is 0.408 e. The molecule has 1 saturated heterocycles. The molecule has 6 heteroatoms. The Kier molecular flexibility index (Phi) is 3.03. The summed E-state index contributed by atoms with van der Waals surface area (Å²) in [5, 5.41) is 2.53. The lowest BCUT2D eigenvalue weighted by molar-refractivity contribution is -0.143. The molecule has 1 saturated carbocycles. The lowest BCUT2D eigenvalue weighted by Crippen LogP contribution is -2.50. The zero-order valence-electron chi connectivity index (χ0n) is 11.5. The first-order valence-corrected chi connectivity index (χ1v) is 7.03. The molecule has 0 unspecified atom stereocenters. The normalized spacial score (nSPS) is 35.4. The Labute approximate surface area is 117 Å². The molecule has 0 aromatic rings. The van der Waals surface area contributed by atoms with Gasteiger partial charge in [0, 0.05) is 0 Å². The quantitative estimate of drug-likeness (QED) is 0.614. The van der Waals surface area contributed by atoms with Gasteiger partial charge < -0.3 is 10.1 Å². The van der Waals surface area contributed by atoms with Crippen molar-refractivity contribution < 1.29 is 19.1 Å². The van der Waals surface area contributed by atoms with Crippen molar-refractivity contribution in [3.8, 4) is 0 Å². The van der Waals surface area contributed by atoms with Gasteiger partial charge in [-0.1, -0.05) is 12.2 Å². The predicted molar refractivity (Wildman–Crippen MR) is 69.2 cm³/mol. The van der Waals surface area contributed by atoms with Crippen molar-refractivity contribution in [1.29, 1.82) is 0 Å². The maximum Gasteiger partial charge on any atom is 0.408 e. The van der Waals surface area contributed by atoms with Crippen LogP contribution in [0, 0.1) is 23.7 Å². The van der Waals surface area contributed by atoms with Gasteiger partial charge in [-0.2, -0.15) is 0 Å². The number of carbonyl (C=O) groups is 3. The van der Waals surface area contributed by atoms with Crippen LogP contribution < -0.4 is 5.32 Å². The first kappa shape index (κ1) is 13.1. The van der Waals surface area contributed by atoms with Crippen molar-refractivity contribution in [2.24, 2.45) is 23.7 Å². The van der Waals surface area contributed by atoms with Crippen LogP contribution in [0.2, 0.25) is 0 Å². The standard InChI is InChI=1S/C14H18N2O4/c1-3-20-14(19)15-7(2)16-12(17)10-8-4-5-9(6-8)11(10)13(16)18/h4-5,7-11H,3,6H2,1-2H3,(H,15,19)/t7-,8-,9-,10-,11-/m0/s1. The van der Waals surface area contributed by atoms with Crippen LogP contribution in [0.3, 0.4) is 0 Å². The molecule has 3 rings (SSSR count). The predicted octanol–water partition coefficient (Wildman–Crippen LogP) is 0.886. The number of allylic oxidation sites excluding steroid dienone is 2. The molecule has 5 atom stereocenters. The number of alkyl carbamates (subject to hydrolysis) is 1. The molecule has 1 aliphatic heterocycles. The highest BCUT2D eigenvalue weighted by molar-refractivity contribution is 6.06. The average molecular weight is 278 g/mol. The minimum atomic E-state index is -0.668. The Morgan fingerprint density at radius 1 is 1.35 bits per heavy atom. The van der Waals surface area contributed by atoms with Gasteiger partial charge in [0.05, 0.1) is 18.4 Å². The molecule has 0 spiro atoms. The van der Waals surface area contributed by atoms with E-state index in [1.165, 1.54) is 4.90 Å². The molecule has 0 aromatic heterocycles. The summed E-state index contributed by atoms with van der Waals surface area (Å²) in [6.07, 6.45) is 3.71. The van der Waals surface area contributed by atoms with Crippen LogP contribution in [0.4, 0.5) is 4.79 Å². The summed E-state index contributed by atoms with van der Waals surface area (Å²) < 4.78 is 4.78. The first-order chi connectivity index (χ1) is 9.54. The third kappa shape index (κ3) is 1.74. The van der Waals surface area contributed by atoms with Crippen LogP contribution in [0.1, 0.15) is 20.3 Å². The van der Waals surface area contributed by atoms with Crippen LogP contribution >= 0.6 is 0 Å². The van der Waals surface area contributed by atoms with E-state index in [2.05, 4.69) is 5.32 Å². The number of hydrogen-bond acceptors (Lipinski definition) is 4. The summed E-state index contributed by atoms with van der Waals surface area (Å²) in [5.74, 6) is -0.433. The number of imide groups is 1. The van der Waals surface area contributed by atoms with Gasteiger partial charge in [0.2, 0.25) is 11.8 Å². The van der Waals surface area contributed by atoms with Crippen LogP contribution in [0.25, 0.3) is 0 Å². The van der Waals surface area contributed by atoms with Crippen molar-refractivity contribution in [2.75, 3.05) is 6.61 Å². The Morgan fingerprint density at radius 3 is 2.40 bits per heavy atom. The number of fused-ring (bicyclic) bond motifs is 5. The van der Waals surface area contributed by atoms with Crippen molar-refractivity contribution in [2.45, 2.75) is 26.4 Å². The van der Waals surface area contributed by atoms with Crippen LogP contribution in [0.5, 0.6) is 0 Å². The van der Waals surface area contributed by atoms with Gasteiger partial charge >= 0.3 is 6.09 Å². The van der Waals surface area contributed by atoms with E-state index in [4.69, 9.17) is 4.74 Å². The van der Waals surface area contributed by atoms with Crippen molar-refractivity contribution >= 4 is 17.9 Å². The maximum absolute atomic E-state index is 12.4. The number of nitrogens with one attached hydrogen (secondary N) is 1. The van der Waals surface area contributed by atoms with E-state index in [0.29, 0.717) is 0 Å². The number of ether oxygens (including phenoxy) is 1. The molecule has 2 fully saturated rings. The molecule has 3 aliphatic rings. The number of hydrogen-bond donors (Lipinski definition) is 1. The van der Waals surface area contributed by atoms with Crippen molar-refractivity contribution in [3.05, 3.63) is 12.2 Å². The molecule has 2 bridgehead atoms. The number of carbonyl (C=O) groups excluding carboxylic acids is 3. The van der Waals surface area contributed by atoms with Gasteiger partial charge in [-0.15, -0.1) is 0 Å². The highest BCUT2D eigenvalue weighted by Gasteiger charge is 2.60. The molecular weight excluding hydrogens is 260 g/mol. The fourth-order valence-electron chi connectivity index (χ4n) is 3.71.